The van der Waals surface area contributed by atoms with Gasteiger partial charge in [-0.1, -0.05) is 11.6 Å². The lowest BCUT2D eigenvalue weighted by atomic mass is 10.1. The minimum Gasteiger partial charge on any atom is -0.463 e. The molecule has 0 saturated heterocycles. The summed E-state index contributed by atoms with van der Waals surface area (Å²) >= 11 is 5.75. The number of halogens is 2. The van der Waals surface area contributed by atoms with Crippen LogP contribution < -0.4 is 5.73 Å². The quantitative estimate of drug-likeness (QED) is 0.683. The third-order valence-electron chi connectivity index (χ3n) is 2.42. The van der Waals surface area contributed by atoms with Gasteiger partial charge in [-0.05, 0) is 32.9 Å². The van der Waals surface area contributed by atoms with E-state index >= 15 is 0 Å². The number of carbonyl (C=O) groups is 2. The fraction of sp³-hybridized carbons (Fsp3) is 0.385. The molecule has 1 rings (SSSR count). The highest BCUT2D eigenvalue weighted by Crippen LogP contribution is 2.25. The summed E-state index contributed by atoms with van der Waals surface area (Å²) in [5.41, 5.74) is 3.52. The van der Waals surface area contributed by atoms with Crippen molar-refractivity contribution in [3.63, 3.8) is 0 Å². The van der Waals surface area contributed by atoms with Crippen LogP contribution in [-0.4, -0.2) is 24.1 Å². The first kappa shape index (κ1) is 16.2. The van der Waals surface area contributed by atoms with Gasteiger partial charge in [0.1, 0.15) is 5.82 Å². The molecule has 0 bridgehead atoms. The van der Waals surface area contributed by atoms with Crippen molar-refractivity contribution in [3.05, 3.63) is 28.5 Å². The molecule has 0 spiro atoms. The molecule has 2 N–H and O–H groups in total. The highest BCUT2D eigenvalue weighted by molar-refractivity contribution is 6.33. The largest absolute Gasteiger partial charge is 0.463 e. The van der Waals surface area contributed by atoms with Crippen LogP contribution in [0.5, 0.6) is 0 Å². The fourth-order valence-electron chi connectivity index (χ4n) is 1.36. The zero-order chi connectivity index (χ0) is 15.5. The van der Waals surface area contributed by atoms with Gasteiger partial charge in [-0.3, -0.25) is 0 Å². The minimum absolute atomic E-state index is 0.122. The zero-order valence-electron chi connectivity index (χ0n) is 11.3. The number of hydrogen-bond donors (Lipinski definition) is 1. The van der Waals surface area contributed by atoms with Crippen LogP contribution in [-0.2, 0) is 14.3 Å². The molecule has 0 aliphatic carbocycles. The Morgan fingerprint density at radius 3 is 2.55 bits per heavy atom. The molecule has 7 heteroatoms. The Labute approximate surface area is 120 Å². The van der Waals surface area contributed by atoms with Crippen LogP contribution in [0.25, 0.3) is 0 Å². The lowest BCUT2D eigenvalue weighted by molar-refractivity contribution is -0.161. The van der Waals surface area contributed by atoms with Gasteiger partial charge < -0.3 is 15.2 Å². The second kappa shape index (κ2) is 6.09. The maximum Gasteiger partial charge on any atom is 0.350 e. The van der Waals surface area contributed by atoms with Crippen molar-refractivity contribution in [2.75, 3.05) is 12.3 Å². The van der Waals surface area contributed by atoms with E-state index in [-0.39, 0.29) is 22.9 Å². The van der Waals surface area contributed by atoms with Crippen molar-refractivity contribution >= 4 is 29.2 Å². The smallest absolute Gasteiger partial charge is 0.350 e. The van der Waals surface area contributed by atoms with Gasteiger partial charge >= 0.3 is 11.9 Å². The standard InChI is InChI=1S/C13H15ClFNO4/c1-4-19-12(18)13(2,3)20-11(17)7-5-10(16)9(15)6-8(7)14/h5-6H,4,16H2,1-3H3. The number of esters is 2. The van der Waals surface area contributed by atoms with E-state index in [1.165, 1.54) is 13.8 Å². The predicted octanol–water partition coefficient (Wildman–Crippen LogP) is 2.56. The summed E-state index contributed by atoms with van der Waals surface area (Å²) in [6, 6.07) is 1.96. The third kappa shape index (κ3) is 3.60. The molecule has 0 atom stereocenters. The van der Waals surface area contributed by atoms with Crippen molar-refractivity contribution in [2.45, 2.75) is 26.4 Å². The van der Waals surface area contributed by atoms with Crippen LogP contribution in [0.3, 0.4) is 0 Å². The van der Waals surface area contributed by atoms with Crippen LogP contribution in [0.2, 0.25) is 5.02 Å². The second-order valence-corrected chi connectivity index (χ2v) is 4.88. The number of nitrogens with two attached hydrogens (primary N) is 1. The number of anilines is 1. The lowest BCUT2D eigenvalue weighted by Gasteiger charge is -2.23. The van der Waals surface area contributed by atoms with Gasteiger partial charge in [0, 0.05) is 0 Å². The first-order valence-corrected chi connectivity index (χ1v) is 6.22. The number of carbonyl (C=O) groups excluding carboxylic acids is 2. The molecule has 0 heterocycles. The zero-order valence-corrected chi connectivity index (χ0v) is 12.1. The van der Waals surface area contributed by atoms with Crippen molar-refractivity contribution < 1.29 is 23.5 Å². The molecule has 1 aromatic rings. The van der Waals surface area contributed by atoms with Gasteiger partial charge in [-0.15, -0.1) is 0 Å². The second-order valence-electron chi connectivity index (χ2n) is 4.47. The Hall–Kier alpha value is -1.82. The lowest BCUT2D eigenvalue weighted by Crippen LogP contribution is -2.38. The average molecular weight is 304 g/mol. The summed E-state index contributed by atoms with van der Waals surface area (Å²) in [7, 11) is 0. The number of hydrogen-bond acceptors (Lipinski definition) is 5. The molecular formula is C13H15ClFNO4. The molecule has 5 nitrogen and oxygen atoms in total. The maximum absolute atomic E-state index is 13.2. The van der Waals surface area contributed by atoms with Crippen LogP contribution in [0.1, 0.15) is 31.1 Å². The summed E-state index contributed by atoms with van der Waals surface area (Å²) in [6.45, 7) is 4.55. The average Bonchev–Trinajstić information content (AvgIpc) is 2.33. The van der Waals surface area contributed by atoms with Gasteiger partial charge in [-0.25, -0.2) is 14.0 Å². The normalized spacial score (nSPS) is 11.1. The van der Waals surface area contributed by atoms with E-state index in [0.717, 1.165) is 12.1 Å². The number of rotatable bonds is 4. The Kier molecular flexibility index (Phi) is 4.94. The first-order chi connectivity index (χ1) is 9.19. The molecule has 0 saturated carbocycles. The Balaban J connectivity index is 2.97. The van der Waals surface area contributed by atoms with Gasteiger partial charge in [0.15, 0.2) is 0 Å². The van der Waals surface area contributed by atoms with Crippen LogP contribution in [0.15, 0.2) is 12.1 Å². The fourth-order valence-corrected chi connectivity index (χ4v) is 1.58. The third-order valence-corrected chi connectivity index (χ3v) is 2.73. The van der Waals surface area contributed by atoms with Gasteiger partial charge in [-0.2, -0.15) is 0 Å². The molecule has 0 unspecified atom stereocenters. The molecule has 110 valence electrons. The molecule has 0 fully saturated rings. The summed E-state index contributed by atoms with van der Waals surface area (Å²) in [4.78, 5) is 23.6. The molecule has 1 aromatic carbocycles. The molecule has 20 heavy (non-hydrogen) atoms. The number of benzene rings is 1. The molecule has 0 aliphatic rings. The summed E-state index contributed by atoms with van der Waals surface area (Å²) in [6.07, 6.45) is 0. The van der Waals surface area contributed by atoms with Crippen molar-refractivity contribution in [1.82, 2.24) is 0 Å². The highest BCUT2D eigenvalue weighted by Gasteiger charge is 2.34. The van der Waals surface area contributed by atoms with Crippen molar-refractivity contribution in [3.8, 4) is 0 Å². The van der Waals surface area contributed by atoms with Crippen molar-refractivity contribution in [1.29, 1.82) is 0 Å². The predicted molar refractivity (Wildman–Crippen MR) is 71.9 cm³/mol. The first-order valence-electron chi connectivity index (χ1n) is 5.84. The number of nitrogen functional groups attached to an aromatic ring is 1. The van der Waals surface area contributed by atoms with E-state index in [9.17, 15) is 14.0 Å². The van der Waals surface area contributed by atoms with Crippen LogP contribution >= 0.6 is 11.6 Å². The van der Waals surface area contributed by atoms with Gasteiger partial charge in [0.05, 0.1) is 22.9 Å². The molecule has 0 radical (unpaired) electrons. The Morgan fingerprint density at radius 1 is 1.40 bits per heavy atom. The summed E-state index contributed by atoms with van der Waals surface area (Å²) in [5, 5.41) is -0.152. The van der Waals surface area contributed by atoms with Crippen LogP contribution in [0, 0.1) is 5.82 Å². The van der Waals surface area contributed by atoms with E-state index in [1.807, 2.05) is 0 Å². The minimum atomic E-state index is -1.49. The highest BCUT2D eigenvalue weighted by atomic mass is 35.5. The van der Waals surface area contributed by atoms with E-state index in [1.54, 1.807) is 6.92 Å². The SMILES string of the molecule is CCOC(=O)C(C)(C)OC(=O)c1cc(N)c(F)cc1Cl. The Bertz CT molecular complexity index is 545. The van der Waals surface area contributed by atoms with E-state index in [4.69, 9.17) is 26.8 Å². The van der Waals surface area contributed by atoms with E-state index in [2.05, 4.69) is 0 Å². The molecule has 0 aromatic heterocycles. The van der Waals surface area contributed by atoms with Gasteiger partial charge in [0.2, 0.25) is 5.60 Å². The topological polar surface area (TPSA) is 78.6 Å². The summed E-state index contributed by atoms with van der Waals surface area (Å²) < 4.78 is 23.0. The summed E-state index contributed by atoms with van der Waals surface area (Å²) in [5.74, 6) is -2.32. The van der Waals surface area contributed by atoms with Crippen molar-refractivity contribution in [2.24, 2.45) is 0 Å². The van der Waals surface area contributed by atoms with E-state index in [0.29, 0.717) is 0 Å². The Morgan fingerprint density at radius 2 is 2.00 bits per heavy atom. The van der Waals surface area contributed by atoms with E-state index < -0.39 is 23.4 Å². The maximum atomic E-state index is 13.2. The molecule has 0 aliphatic heterocycles. The molecular weight excluding hydrogens is 289 g/mol. The number of ether oxygens (including phenoxy) is 2. The monoisotopic (exact) mass is 303 g/mol. The van der Waals surface area contributed by atoms with Gasteiger partial charge in [0.25, 0.3) is 0 Å². The molecule has 0 amide bonds. The van der Waals surface area contributed by atoms with Crippen LogP contribution in [0.4, 0.5) is 10.1 Å².